The van der Waals surface area contributed by atoms with Crippen molar-refractivity contribution in [1.82, 2.24) is 4.90 Å². The average molecular weight is 431 g/mol. The third kappa shape index (κ3) is 13.3. The van der Waals surface area contributed by atoms with Gasteiger partial charge in [0.05, 0.1) is 0 Å². The fourth-order valence-electron chi connectivity index (χ4n) is 2.69. The molecule has 1 N–H and O–H groups in total. The Morgan fingerprint density at radius 1 is 0.955 bits per heavy atom. The van der Waals surface area contributed by atoms with Gasteiger partial charge >= 0.3 is 24.0 Å². The van der Waals surface area contributed by atoms with E-state index in [4.69, 9.17) is 16.0 Å². The molecule has 0 fully saturated rings. The fourth-order valence-corrected chi connectivity index (χ4v) is 3.00. The molecule has 0 amide bonds. The van der Waals surface area contributed by atoms with Crippen LogP contribution in [0.15, 0.2) is 0 Å². The quantitative estimate of drug-likeness (QED) is 0.247. The van der Waals surface area contributed by atoms with Gasteiger partial charge in [0.25, 0.3) is 0 Å². The molecule has 0 spiro atoms. The van der Waals surface area contributed by atoms with Crippen LogP contribution in [0.25, 0.3) is 0 Å². The average Bonchev–Trinajstić information content (AvgIpc) is 2.55. The van der Waals surface area contributed by atoms with E-state index in [1.807, 2.05) is 0 Å². The van der Waals surface area contributed by atoms with Gasteiger partial charge in [0.1, 0.15) is 4.32 Å². The molecule has 0 aliphatic rings. The first-order chi connectivity index (χ1) is 10.6. The van der Waals surface area contributed by atoms with Crippen LogP contribution in [0.1, 0.15) is 79.1 Å². The topological polar surface area (TPSA) is 23.5 Å². The van der Waals surface area contributed by atoms with E-state index in [2.05, 4.69) is 45.2 Å². The Morgan fingerprint density at radius 2 is 1.32 bits per heavy atom. The van der Waals surface area contributed by atoms with Gasteiger partial charge in [0.2, 0.25) is 0 Å². The molecule has 22 heavy (non-hydrogen) atoms. The number of hydrogen-bond donors (Lipinski definition) is 2. The van der Waals surface area contributed by atoms with Crippen LogP contribution >= 0.6 is 24.8 Å². The third-order valence-corrected chi connectivity index (χ3v) is 4.86. The molecule has 5 heteroatoms. The first kappa shape index (κ1) is 25.1. The van der Waals surface area contributed by atoms with Crippen molar-refractivity contribution in [2.45, 2.75) is 79.1 Å². The van der Waals surface area contributed by atoms with Crippen LogP contribution < -0.4 is 0 Å². The second kappa shape index (κ2) is 18.2. The monoisotopic (exact) mass is 432 g/mol. The molecule has 0 aromatic rings. The van der Waals surface area contributed by atoms with E-state index in [9.17, 15) is 0 Å². The summed E-state index contributed by atoms with van der Waals surface area (Å²) in [5, 5.41) is 0. The van der Waals surface area contributed by atoms with Gasteiger partial charge in [0.15, 0.2) is 0 Å². The Morgan fingerprint density at radius 3 is 1.55 bits per heavy atom. The summed E-state index contributed by atoms with van der Waals surface area (Å²) in [5.74, 6) is 1.53. The van der Waals surface area contributed by atoms with Crippen molar-refractivity contribution < 1.29 is 24.0 Å². The van der Waals surface area contributed by atoms with Crippen molar-refractivity contribution in [3.8, 4) is 0 Å². The van der Waals surface area contributed by atoms with Crippen LogP contribution in [-0.4, -0.2) is 26.1 Å². The first-order valence-corrected chi connectivity index (χ1v) is 10.5. The van der Waals surface area contributed by atoms with E-state index in [1.165, 1.54) is 51.4 Å². The summed E-state index contributed by atoms with van der Waals surface area (Å²) in [5.41, 5.74) is 0. The van der Waals surface area contributed by atoms with Crippen molar-refractivity contribution in [1.29, 1.82) is 0 Å². The minimum absolute atomic E-state index is 0.767. The maximum atomic E-state index is 7.01. The molecule has 133 valence electrons. The number of nitrogens with zero attached hydrogens (tertiary/aromatic N) is 1. The van der Waals surface area contributed by atoms with Gasteiger partial charge < -0.3 is 4.90 Å². The Hall–Kier alpha value is 0.888. The molecule has 0 aromatic heterocycles. The number of hydrogen-bond acceptors (Lipinski definition) is 2. The zero-order valence-electron chi connectivity index (χ0n) is 14.9. The minimum atomic E-state index is 0.767. The predicted octanol–water partition coefficient (Wildman–Crippen LogP) is 5.38. The zero-order chi connectivity index (χ0) is 17.4. The number of thiocarbonyl (C=S) groups is 1. The molecule has 2 unspecified atom stereocenters. The maximum absolute atomic E-state index is 7.01. The summed E-state index contributed by atoms with van der Waals surface area (Å²) in [6.45, 7) is 11.3. The van der Waals surface area contributed by atoms with Crippen LogP contribution in [0.4, 0.5) is 0 Å². The van der Waals surface area contributed by atoms with Crippen LogP contribution in [0, 0.1) is 11.8 Å². The summed E-state index contributed by atoms with van der Waals surface area (Å²) in [4.78, 5) is 2.35. The van der Waals surface area contributed by atoms with E-state index < -0.39 is 0 Å². The normalized spacial score (nSPS) is 13.0. The Kier molecular flexibility index (Phi) is 20.8. The molecular formula is C17H36MoNOS2. The van der Waals surface area contributed by atoms with Crippen molar-refractivity contribution in [3.63, 3.8) is 0 Å². The Bertz CT molecular complexity index is 237. The van der Waals surface area contributed by atoms with Crippen LogP contribution in [0.2, 0.25) is 0 Å². The SMILES string of the molecule is CCCCC(CC)CN(CC(CC)CCCC)C(=S)S.[OH][Mo]. The number of thiol groups is 1. The van der Waals surface area contributed by atoms with Gasteiger partial charge in [-0.1, -0.05) is 78.4 Å². The summed E-state index contributed by atoms with van der Waals surface area (Å²) < 4.78 is 7.80. The predicted molar refractivity (Wildman–Crippen MR) is 102 cm³/mol. The molecule has 2 nitrogen and oxygen atoms in total. The van der Waals surface area contributed by atoms with E-state index in [-0.39, 0.29) is 0 Å². The molecule has 0 aliphatic carbocycles. The molecule has 0 saturated carbocycles. The van der Waals surface area contributed by atoms with Crippen molar-refractivity contribution in [3.05, 3.63) is 0 Å². The summed E-state index contributed by atoms with van der Waals surface area (Å²) in [6, 6.07) is 0. The van der Waals surface area contributed by atoms with Gasteiger partial charge in [-0.05, 0) is 24.7 Å². The molecule has 0 aromatic carbocycles. The summed E-state index contributed by atoms with van der Waals surface area (Å²) in [6.07, 6.45) is 10.4. The molecule has 0 heterocycles. The zero-order valence-corrected chi connectivity index (χ0v) is 18.6. The molecule has 0 saturated heterocycles. The van der Waals surface area contributed by atoms with Gasteiger partial charge in [0, 0.05) is 13.1 Å². The second-order valence-corrected chi connectivity index (χ2v) is 7.13. The van der Waals surface area contributed by atoms with Crippen molar-refractivity contribution >= 4 is 29.2 Å². The van der Waals surface area contributed by atoms with Gasteiger partial charge in [-0.15, -0.1) is 12.6 Å². The first-order valence-electron chi connectivity index (χ1n) is 8.74. The van der Waals surface area contributed by atoms with Crippen LogP contribution in [0.3, 0.4) is 0 Å². The van der Waals surface area contributed by atoms with Crippen LogP contribution in [0.5, 0.6) is 0 Å². The standard InChI is InChI=1S/C17H35NS2.Mo.H2O/c1-5-9-11-15(7-3)13-18(17(19)20)14-16(8-4)12-10-6-2;;/h15-16H,5-14H2,1-4H3,(H,19,20);;1H2/q;+1;/p-1. The van der Waals surface area contributed by atoms with Gasteiger partial charge in [-0.25, -0.2) is 0 Å². The number of rotatable bonds is 12. The molecular weight excluding hydrogens is 394 g/mol. The molecule has 0 radical (unpaired) electrons. The molecule has 0 bridgehead atoms. The van der Waals surface area contributed by atoms with Gasteiger partial charge in [-0.2, -0.15) is 0 Å². The van der Waals surface area contributed by atoms with Crippen molar-refractivity contribution in [2.75, 3.05) is 13.1 Å². The molecule has 2 atom stereocenters. The van der Waals surface area contributed by atoms with Crippen molar-refractivity contribution in [2.24, 2.45) is 11.8 Å². The summed E-state index contributed by atoms with van der Waals surface area (Å²) in [7, 11) is 0. The van der Waals surface area contributed by atoms with E-state index in [0.29, 0.717) is 0 Å². The van der Waals surface area contributed by atoms with Crippen LogP contribution in [-0.2, 0) is 20.2 Å². The third-order valence-electron chi connectivity index (χ3n) is 4.31. The van der Waals surface area contributed by atoms with E-state index >= 15 is 0 Å². The Balaban J connectivity index is 0. The molecule has 0 rings (SSSR count). The second-order valence-electron chi connectivity index (χ2n) is 6.02. The summed E-state index contributed by atoms with van der Waals surface area (Å²) >= 11 is 10.8. The van der Waals surface area contributed by atoms with Gasteiger partial charge in [-0.3, -0.25) is 0 Å². The van der Waals surface area contributed by atoms with E-state index in [1.54, 1.807) is 0 Å². The number of unbranched alkanes of at least 4 members (excludes halogenated alkanes) is 2. The molecule has 0 aliphatic heterocycles. The van der Waals surface area contributed by atoms with E-state index in [0.717, 1.165) is 49.4 Å². The fraction of sp³-hybridized carbons (Fsp3) is 0.941. The Labute approximate surface area is 161 Å².